The zero-order valence-corrected chi connectivity index (χ0v) is 17.6. The van der Waals surface area contributed by atoms with E-state index in [4.69, 9.17) is 9.47 Å². The summed E-state index contributed by atoms with van der Waals surface area (Å²) in [7, 11) is 0. The van der Waals surface area contributed by atoms with Crippen LogP contribution in [0.1, 0.15) is 47.6 Å². The van der Waals surface area contributed by atoms with Gasteiger partial charge in [-0.25, -0.2) is 0 Å². The van der Waals surface area contributed by atoms with E-state index in [1.807, 2.05) is 19.9 Å². The number of amides is 1. The van der Waals surface area contributed by atoms with E-state index in [1.165, 1.54) is 11.1 Å². The van der Waals surface area contributed by atoms with E-state index in [0.717, 1.165) is 54.1 Å². The van der Waals surface area contributed by atoms with Crippen LogP contribution in [0.4, 0.5) is 5.69 Å². The largest absolute Gasteiger partial charge is 0.490 e. The molecule has 2 aliphatic rings. The number of hydrogen-bond acceptors (Lipinski definition) is 4. The van der Waals surface area contributed by atoms with Crippen LogP contribution in [-0.4, -0.2) is 37.1 Å². The van der Waals surface area contributed by atoms with Gasteiger partial charge in [-0.2, -0.15) is 0 Å². The Labute approximate surface area is 173 Å². The molecule has 0 spiro atoms. The summed E-state index contributed by atoms with van der Waals surface area (Å²) in [5.74, 6) is 1.68. The lowest BCUT2D eigenvalue weighted by molar-refractivity contribution is -0.117. The van der Waals surface area contributed by atoms with Gasteiger partial charge in [0.15, 0.2) is 11.5 Å². The van der Waals surface area contributed by atoms with Crippen LogP contribution in [0.3, 0.4) is 0 Å². The van der Waals surface area contributed by atoms with Crippen LogP contribution in [0.15, 0.2) is 30.3 Å². The highest BCUT2D eigenvalue weighted by Crippen LogP contribution is 2.37. The second kappa shape index (κ2) is 8.46. The molecule has 0 unspecified atom stereocenters. The van der Waals surface area contributed by atoms with Crippen LogP contribution in [0, 0.1) is 20.8 Å². The Hall–Kier alpha value is -2.53. The maximum atomic E-state index is 12.8. The molecule has 5 heteroatoms. The number of aryl methyl sites for hydroxylation is 3. The van der Waals surface area contributed by atoms with Crippen LogP contribution in [-0.2, 0) is 4.79 Å². The van der Waals surface area contributed by atoms with Crippen LogP contribution >= 0.6 is 0 Å². The Morgan fingerprint density at radius 2 is 1.76 bits per heavy atom. The van der Waals surface area contributed by atoms with E-state index in [-0.39, 0.29) is 11.9 Å². The molecule has 154 valence electrons. The Morgan fingerprint density at radius 3 is 2.52 bits per heavy atom. The number of rotatable bonds is 4. The lowest BCUT2D eigenvalue weighted by Gasteiger charge is -2.25. The van der Waals surface area contributed by atoms with Crippen molar-refractivity contribution in [3.8, 4) is 11.5 Å². The maximum absolute atomic E-state index is 12.8. The molecule has 5 nitrogen and oxygen atoms in total. The summed E-state index contributed by atoms with van der Waals surface area (Å²) in [6.07, 6.45) is 3.04. The van der Waals surface area contributed by atoms with Crippen LogP contribution in [0.5, 0.6) is 11.5 Å². The van der Waals surface area contributed by atoms with Gasteiger partial charge in [0, 0.05) is 18.2 Å². The van der Waals surface area contributed by atoms with Gasteiger partial charge in [-0.15, -0.1) is 0 Å². The topological polar surface area (TPSA) is 50.8 Å². The highest BCUT2D eigenvalue weighted by Gasteiger charge is 2.28. The Kier molecular flexibility index (Phi) is 5.76. The predicted octanol–water partition coefficient (Wildman–Crippen LogP) is 4.55. The number of carbonyl (C=O) groups excluding carboxylic acids is 1. The summed E-state index contributed by atoms with van der Waals surface area (Å²) in [6.45, 7) is 8.88. The molecule has 4 rings (SSSR count). The zero-order valence-electron chi connectivity index (χ0n) is 17.6. The summed E-state index contributed by atoms with van der Waals surface area (Å²) >= 11 is 0. The molecular weight excluding hydrogens is 364 g/mol. The van der Waals surface area contributed by atoms with Crippen molar-refractivity contribution in [2.45, 2.75) is 46.1 Å². The van der Waals surface area contributed by atoms with Crippen molar-refractivity contribution < 1.29 is 14.3 Å². The van der Waals surface area contributed by atoms with Crippen molar-refractivity contribution in [2.24, 2.45) is 0 Å². The molecule has 1 saturated heterocycles. The fourth-order valence-corrected chi connectivity index (χ4v) is 4.52. The first-order chi connectivity index (χ1) is 14.0. The summed E-state index contributed by atoms with van der Waals surface area (Å²) in [6, 6.07) is 10.7. The molecule has 1 fully saturated rings. The Morgan fingerprint density at radius 1 is 1.03 bits per heavy atom. The third-order valence-corrected chi connectivity index (χ3v) is 5.81. The molecule has 0 radical (unpaired) electrons. The van der Waals surface area contributed by atoms with Crippen LogP contribution in [0.2, 0.25) is 0 Å². The van der Waals surface area contributed by atoms with Gasteiger partial charge < -0.3 is 14.8 Å². The van der Waals surface area contributed by atoms with Gasteiger partial charge in [-0.05, 0) is 69.0 Å². The minimum Gasteiger partial charge on any atom is -0.490 e. The number of nitrogens with zero attached hydrogens (tertiary/aromatic N) is 1. The van der Waals surface area contributed by atoms with E-state index < -0.39 is 0 Å². The first kappa shape index (κ1) is 19.8. The lowest BCUT2D eigenvalue weighted by atomic mass is 10.0. The van der Waals surface area contributed by atoms with E-state index in [2.05, 4.69) is 41.4 Å². The molecule has 2 aromatic carbocycles. The van der Waals surface area contributed by atoms with E-state index in [9.17, 15) is 4.79 Å². The molecule has 2 heterocycles. The second-order valence-corrected chi connectivity index (χ2v) is 8.21. The van der Waals surface area contributed by atoms with Crippen molar-refractivity contribution in [1.29, 1.82) is 0 Å². The van der Waals surface area contributed by atoms with Crippen molar-refractivity contribution in [3.05, 3.63) is 52.6 Å². The smallest absolute Gasteiger partial charge is 0.238 e. The third-order valence-electron chi connectivity index (χ3n) is 5.81. The van der Waals surface area contributed by atoms with Crippen LogP contribution < -0.4 is 14.8 Å². The van der Waals surface area contributed by atoms with Gasteiger partial charge in [-0.1, -0.05) is 23.8 Å². The van der Waals surface area contributed by atoms with E-state index >= 15 is 0 Å². The quantitative estimate of drug-likeness (QED) is 0.827. The average Bonchev–Trinajstić information content (AvgIpc) is 3.00. The molecule has 1 amide bonds. The third kappa shape index (κ3) is 4.40. The standard InChI is InChI=1S/C24H30N2O3/c1-16-12-17(2)24(18(3)13-16)25-23(27)15-26-9-4-6-20(26)19-7-8-21-22(14-19)29-11-5-10-28-21/h7-8,12-14,20H,4-6,9-11,15H2,1-3H3,(H,25,27)/t20-/m1/s1. The van der Waals surface area contributed by atoms with Gasteiger partial charge in [0.2, 0.25) is 5.91 Å². The number of hydrogen-bond donors (Lipinski definition) is 1. The molecule has 0 aliphatic carbocycles. The van der Waals surface area contributed by atoms with Gasteiger partial charge >= 0.3 is 0 Å². The highest BCUT2D eigenvalue weighted by atomic mass is 16.5. The number of ether oxygens (including phenoxy) is 2. The second-order valence-electron chi connectivity index (χ2n) is 8.21. The summed E-state index contributed by atoms with van der Waals surface area (Å²) in [5.41, 5.74) is 5.56. The Bertz CT molecular complexity index is 886. The van der Waals surface area contributed by atoms with E-state index in [0.29, 0.717) is 19.8 Å². The first-order valence-corrected chi connectivity index (χ1v) is 10.5. The van der Waals surface area contributed by atoms with E-state index in [1.54, 1.807) is 0 Å². The van der Waals surface area contributed by atoms with Gasteiger partial charge in [0.05, 0.1) is 19.8 Å². The monoisotopic (exact) mass is 394 g/mol. The van der Waals surface area contributed by atoms with Gasteiger partial charge in [0.1, 0.15) is 0 Å². The summed E-state index contributed by atoms with van der Waals surface area (Å²) in [4.78, 5) is 15.1. The number of benzene rings is 2. The predicted molar refractivity (Wildman–Crippen MR) is 115 cm³/mol. The van der Waals surface area contributed by atoms with Crippen LogP contribution in [0.25, 0.3) is 0 Å². The minimum absolute atomic E-state index is 0.0429. The SMILES string of the molecule is Cc1cc(C)c(NC(=O)CN2CCC[C@@H]2c2ccc3c(c2)OCCCO3)c(C)c1. The van der Waals surface area contributed by atoms with Crippen molar-refractivity contribution in [3.63, 3.8) is 0 Å². The normalized spacial score (nSPS) is 19.1. The van der Waals surface area contributed by atoms with Gasteiger partial charge in [0.25, 0.3) is 0 Å². The number of fused-ring (bicyclic) bond motifs is 1. The maximum Gasteiger partial charge on any atom is 0.238 e. The molecule has 2 aromatic rings. The molecule has 1 N–H and O–H groups in total. The average molecular weight is 395 g/mol. The summed E-state index contributed by atoms with van der Waals surface area (Å²) < 4.78 is 11.6. The van der Waals surface area contributed by atoms with Gasteiger partial charge in [-0.3, -0.25) is 9.69 Å². The first-order valence-electron chi connectivity index (χ1n) is 10.5. The summed E-state index contributed by atoms with van der Waals surface area (Å²) in [5, 5.41) is 3.14. The van der Waals surface area contributed by atoms with Crippen molar-refractivity contribution in [1.82, 2.24) is 4.90 Å². The molecule has 0 aromatic heterocycles. The fourth-order valence-electron chi connectivity index (χ4n) is 4.52. The Balaban J connectivity index is 1.46. The zero-order chi connectivity index (χ0) is 20.4. The lowest BCUT2D eigenvalue weighted by Crippen LogP contribution is -2.33. The fraction of sp³-hybridized carbons (Fsp3) is 0.458. The molecule has 0 bridgehead atoms. The van der Waals surface area contributed by atoms with Crippen molar-refractivity contribution >= 4 is 11.6 Å². The highest BCUT2D eigenvalue weighted by molar-refractivity contribution is 5.93. The van der Waals surface area contributed by atoms with Crippen molar-refractivity contribution in [2.75, 3.05) is 31.6 Å². The molecule has 0 saturated carbocycles. The number of carbonyl (C=O) groups is 1. The molecule has 1 atom stereocenters. The molecule has 2 aliphatic heterocycles. The number of anilines is 1. The molecule has 29 heavy (non-hydrogen) atoms. The number of likely N-dealkylation sites (tertiary alicyclic amines) is 1. The number of nitrogens with one attached hydrogen (secondary N) is 1. The minimum atomic E-state index is 0.0429. The molecular formula is C24H30N2O3.